The fraction of sp³-hybridized carbons (Fsp3) is 0.515. The molecule has 5 rings (SSSR count). The zero-order valence-electron chi connectivity index (χ0n) is 26.3. The molecule has 14 nitrogen and oxygen atoms in total. The zero-order valence-corrected chi connectivity index (χ0v) is 26.3. The van der Waals surface area contributed by atoms with Gasteiger partial charge in [-0.25, -0.2) is 0 Å². The standard InChI is InChI=1S/C33H39NO13/c1-13(36)8-22(44-14(2)12-35)47-32-15(3)45-23(9-19(32)34)46-21-11-33(43,16(4)37)10-18-25(21)31(42)27-26(29(18)40)28(39)17-6-5-7-20(38)24(17)30(27)41/h5-7,12-15,19,21-23,32,36,38,40,42-43H,8-11,34H2,1-4H3/t13?,14?,15-,19-,21?,22?,23-,32+,33?/m0/s1. The maximum Gasteiger partial charge on any atom is 0.202 e. The molecule has 0 spiro atoms. The minimum absolute atomic E-state index is 0.000319. The van der Waals surface area contributed by atoms with Gasteiger partial charge in [-0.1, -0.05) is 12.1 Å². The van der Waals surface area contributed by atoms with Gasteiger partial charge in [0.05, 0.1) is 35.0 Å². The van der Waals surface area contributed by atoms with E-state index < -0.39 is 113 Å². The molecule has 14 heteroatoms. The van der Waals surface area contributed by atoms with Crippen LogP contribution in [-0.4, -0.2) is 97.8 Å². The van der Waals surface area contributed by atoms with Gasteiger partial charge >= 0.3 is 0 Å². The Morgan fingerprint density at radius 3 is 2.43 bits per heavy atom. The number of rotatable bonds is 10. The van der Waals surface area contributed by atoms with E-state index in [4.69, 9.17) is 24.7 Å². The van der Waals surface area contributed by atoms with Gasteiger partial charge in [0.2, 0.25) is 5.78 Å². The number of fused-ring (bicyclic) bond motifs is 3. The Hall–Kier alpha value is -3.76. The predicted molar refractivity (Wildman–Crippen MR) is 161 cm³/mol. The third-order valence-corrected chi connectivity index (χ3v) is 8.96. The number of carbonyl (C=O) groups excluding carboxylic acids is 4. The summed E-state index contributed by atoms with van der Waals surface area (Å²) in [5.74, 6) is -4.30. The maximum absolute atomic E-state index is 13.6. The van der Waals surface area contributed by atoms with E-state index in [9.17, 15) is 44.7 Å². The van der Waals surface area contributed by atoms with Crippen LogP contribution < -0.4 is 5.73 Å². The molecular formula is C33H39NO13. The van der Waals surface area contributed by atoms with Crippen LogP contribution in [0.5, 0.6) is 17.2 Å². The van der Waals surface area contributed by atoms with Crippen LogP contribution in [0.3, 0.4) is 0 Å². The van der Waals surface area contributed by atoms with E-state index in [-0.39, 0.29) is 35.1 Å². The summed E-state index contributed by atoms with van der Waals surface area (Å²) in [6.07, 6.45) is -6.81. The first-order valence-corrected chi connectivity index (χ1v) is 15.3. The van der Waals surface area contributed by atoms with E-state index in [2.05, 4.69) is 0 Å². The van der Waals surface area contributed by atoms with Crippen molar-refractivity contribution < 1.29 is 63.7 Å². The minimum Gasteiger partial charge on any atom is -0.507 e. The van der Waals surface area contributed by atoms with Gasteiger partial charge in [-0.3, -0.25) is 14.4 Å². The molecule has 2 aromatic rings. The van der Waals surface area contributed by atoms with Gasteiger partial charge in [-0.05, 0) is 33.8 Å². The highest BCUT2D eigenvalue weighted by Crippen LogP contribution is 2.52. The molecule has 1 saturated heterocycles. The van der Waals surface area contributed by atoms with E-state index in [0.29, 0.717) is 6.29 Å². The molecule has 5 unspecified atom stereocenters. The molecule has 0 radical (unpaired) electrons. The van der Waals surface area contributed by atoms with Crippen molar-refractivity contribution in [2.75, 3.05) is 0 Å². The van der Waals surface area contributed by atoms with Crippen molar-refractivity contribution in [1.29, 1.82) is 0 Å². The number of aldehydes is 1. The molecule has 0 aromatic heterocycles. The number of Topliss-reactive ketones (excluding diaryl/α,β-unsaturated/α-hetero) is 1. The molecule has 2 aliphatic carbocycles. The second-order valence-corrected chi connectivity index (χ2v) is 12.6. The largest absolute Gasteiger partial charge is 0.507 e. The minimum atomic E-state index is -2.08. The Morgan fingerprint density at radius 1 is 1.13 bits per heavy atom. The number of aliphatic hydroxyl groups excluding tert-OH is 1. The van der Waals surface area contributed by atoms with Crippen molar-refractivity contribution in [2.24, 2.45) is 5.73 Å². The number of phenols is 3. The molecule has 7 N–H and O–H groups in total. The lowest BCUT2D eigenvalue weighted by atomic mass is 9.72. The van der Waals surface area contributed by atoms with E-state index >= 15 is 0 Å². The lowest BCUT2D eigenvalue weighted by molar-refractivity contribution is -0.282. The quantitative estimate of drug-likeness (QED) is 0.103. The van der Waals surface area contributed by atoms with Crippen molar-refractivity contribution in [1.82, 2.24) is 0 Å². The summed E-state index contributed by atoms with van der Waals surface area (Å²) >= 11 is 0. The van der Waals surface area contributed by atoms with Gasteiger partial charge in [0.25, 0.3) is 0 Å². The smallest absolute Gasteiger partial charge is 0.202 e. The monoisotopic (exact) mass is 657 g/mol. The average molecular weight is 658 g/mol. The van der Waals surface area contributed by atoms with Crippen LogP contribution in [0, 0.1) is 0 Å². The Labute approximate surface area is 270 Å². The number of hydrogen-bond acceptors (Lipinski definition) is 14. The molecule has 0 amide bonds. The topological polar surface area (TPSA) is 232 Å². The highest BCUT2D eigenvalue weighted by Gasteiger charge is 2.49. The first kappa shape index (κ1) is 34.6. The first-order valence-electron chi connectivity index (χ1n) is 15.3. The fourth-order valence-electron chi connectivity index (χ4n) is 6.57. The Bertz CT molecular complexity index is 1590. The second kappa shape index (κ2) is 13.0. The molecule has 9 atom stereocenters. The van der Waals surface area contributed by atoms with Gasteiger partial charge in [-0.2, -0.15) is 0 Å². The number of nitrogens with two attached hydrogens (primary N) is 1. The van der Waals surface area contributed by atoms with Gasteiger partial charge in [0.1, 0.15) is 41.3 Å². The highest BCUT2D eigenvalue weighted by atomic mass is 16.7. The predicted octanol–water partition coefficient (Wildman–Crippen LogP) is 1.45. The van der Waals surface area contributed by atoms with Crippen molar-refractivity contribution in [3.05, 3.63) is 51.6 Å². The van der Waals surface area contributed by atoms with E-state index in [1.54, 1.807) is 6.92 Å². The van der Waals surface area contributed by atoms with E-state index in [0.717, 1.165) is 6.92 Å². The molecule has 1 fully saturated rings. The van der Waals surface area contributed by atoms with Crippen molar-refractivity contribution in [2.45, 2.75) is 108 Å². The van der Waals surface area contributed by atoms with Crippen LogP contribution in [0.15, 0.2) is 18.2 Å². The molecule has 47 heavy (non-hydrogen) atoms. The molecule has 3 aliphatic rings. The number of ether oxygens (including phenoxy) is 4. The first-order chi connectivity index (χ1) is 22.1. The lowest BCUT2D eigenvalue weighted by Gasteiger charge is -2.43. The molecule has 0 saturated carbocycles. The highest BCUT2D eigenvalue weighted by molar-refractivity contribution is 6.31. The third-order valence-electron chi connectivity index (χ3n) is 8.96. The maximum atomic E-state index is 13.6. The number of aromatic hydroxyl groups is 3. The molecule has 254 valence electrons. The number of benzene rings is 2. The van der Waals surface area contributed by atoms with Crippen molar-refractivity contribution >= 4 is 23.6 Å². The third kappa shape index (κ3) is 6.29. The van der Waals surface area contributed by atoms with Crippen molar-refractivity contribution in [3.8, 4) is 17.2 Å². The number of ketones is 3. The van der Waals surface area contributed by atoms with Crippen LogP contribution in [0.4, 0.5) is 0 Å². The number of hydrogen-bond donors (Lipinski definition) is 6. The van der Waals surface area contributed by atoms with Gasteiger partial charge in [0.15, 0.2) is 24.1 Å². The molecule has 1 aliphatic heterocycles. The number of aliphatic hydroxyl groups is 2. The lowest BCUT2D eigenvalue weighted by Crippen LogP contribution is -2.55. The SMILES string of the molecule is CC(=O)C1(O)Cc2c(O)c3c(c(O)c2C(O[C@H]2C[C@H](N)[C@H](OC(CC(C)O)OC(C)C=O)[C@H](C)O2)C1)C(=O)c1c(O)cccc1C3=O. The van der Waals surface area contributed by atoms with Crippen LogP contribution in [0.2, 0.25) is 0 Å². The van der Waals surface area contributed by atoms with E-state index in [1.807, 2.05) is 0 Å². The number of carbonyl (C=O) groups is 4. The normalized spacial score (nSPS) is 28.9. The summed E-state index contributed by atoms with van der Waals surface area (Å²) < 4.78 is 23.9. The second-order valence-electron chi connectivity index (χ2n) is 12.6. The summed E-state index contributed by atoms with van der Waals surface area (Å²) in [6, 6.07) is 3.13. The fourth-order valence-corrected chi connectivity index (χ4v) is 6.57. The van der Waals surface area contributed by atoms with Crippen LogP contribution in [0.25, 0.3) is 0 Å². The Morgan fingerprint density at radius 2 is 1.81 bits per heavy atom. The molecule has 2 aromatic carbocycles. The summed E-state index contributed by atoms with van der Waals surface area (Å²) in [4.78, 5) is 50.9. The van der Waals surface area contributed by atoms with Gasteiger partial charge < -0.3 is 55.0 Å². The Balaban J connectivity index is 1.48. The van der Waals surface area contributed by atoms with E-state index in [1.165, 1.54) is 32.0 Å². The van der Waals surface area contributed by atoms with Crippen molar-refractivity contribution in [3.63, 3.8) is 0 Å². The summed E-state index contributed by atoms with van der Waals surface area (Å²) in [5, 5.41) is 54.7. The Kier molecular flexibility index (Phi) is 9.59. The molecular weight excluding hydrogens is 618 g/mol. The van der Waals surface area contributed by atoms with Crippen LogP contribution >= 0.6 is 0 Å². The van der Waals surface area contributed by atoms with Gasteiger partial charge in [0, 0.05) is 48.4 Å². The zero-order chi connectivity index (χ0) is 34.5. The number of phenolic OH excluding ortho intramolecular Hbond substituents is 3. The summed E-state index contributed by atoms with van der Waals surface area (Å²) in [7, 11) is 0. The molecule has 1 heterocycles. The average Bonchev–Trinajstić information content (AvgIpc) is 2.98. The van der Waals surface area contributed by atoms with Gasteiger partial charge in [-0.15, -0.1) is 0 Å². The summed E-state index contributed by atoms with van der Waals surface area (Å²) in [6.45, 7) is 5.86. The summed E-state index contributed by atoms with van der Waals surface area (Å²) in [5.41, 5.74) is 2.54. The molecule has 0 bridgehead atoms. The van der Waals surface area contributed by atoms with Crippen LogP contribution in [-0.2, 0) is 35.0 Å². The van der Waals surface area contributed by atoms with Crippen LogP contribution in [0.1, 0.15) is 96.0 Å².